The van der Waals surface area contributed by atoms with Crippen molar-refractivity contribution in [2.75, 3.05) is 13.2 Å². The van der Waals surface area contributed by atoms with Gasteiger partial charge in [-0.05, 0) is 37.0 Å². The first-order valence-electron chi connectivity index (χ1n) is 9.82. The number of amides is 1. The normalized spacial score (nSPS) is 16.7. The molecule has 2 aromatic heterocycles. The van der Waals surface area contributed by atoms with Gasteiger partial charge in [-0.25, -0.2) is 9.37 Å². The standard InChI is InChI=1S/C21H24FN5O2/c1-26-11-9-23-20(26)19-17(15-5-7-16(22)8-6-15)14-25-27(19)12-10-24-21(28)18-4-2-3-13-29-18/h5-9,11,14,18H,2-4,10,12-13H2,1H3,(H,24,28)/t18-/m1/s1. The third-order valence-corrected chi connectivity index (χ3v) is 5.12. The maximum absolute atomic E-state index is 13.4. The molecule has 0 radical (unpaired) electrons. The summed E-state index contributed by atoms with van der Waals surface area (Å²) in [6.45, 7) is 1.56. The minimum atomic E-state index is -0.356. The fourth-order valence-corrected chi connectivity index (χ4v) is 3.57. The van der Waals surface area contributed by atoms with Crippen LogP contribution in [0, 0.1) is 5.82 Å². The van der Waals surface area contributed by atoms with Crippen LogP contribution in [0.15, 0.2) is 42.9 Å². The smallest absolute Gasteiger partial charge is 0.249 e. The predicted molar refractivity (Wildman–Crippen MR) is 106 cm³/mol. The fraction of sp³-hybridized carbons (Fsp3) is 0.381. The molecule has 1 amide bonds. The molecule has 0 saturated carbocycles. The van der Waals surface area contributed by atoms with E-state index in [2.05, 4.69) is 15.4 Å². The number of aromatic nitrogens is 4. The van der Waals surface area contributed by atoms with Crippen LogP contribution in [0.2, 0.25) is 0 Å². The molecule has 1 aliphatic heterocycles. The minimum Gasteiger partial charge on any atom is -0.368 e. The Kier molecular flexibility index (Phi) is 5.71. The first kappa shape index (κ1) is 19.3. The number of rotatable bonds is 6. The van der Waals surface area contributed by atoms with E-state index in [1.54, 1.807) is 24.5 Å². The van der Waals surface area contributed by atoms with Crippen molar-refractivity contribution in [2.24, 2.45) is 7.05 Å². The van der Waals surface area contributed by atoms with Crippen molar-refractivity contribution >= 4 is 5.91 Å². The van der Waals surface area contributed by atoms with Crippen LogP contribution >= 0.6 is 0 Å². The lowest BCUT2D eigenvalue weighted by atomic mass is 10.1. The van der Waals surface area contributed by atoms with Gasteiger partial charge in [0.25, 0.3) is 0 Å². The zero-order chi connectivity index (χ0) is 20.2. The average Bonchev–Trinajstić information content (AvgIpc) is 3.35. The summed E-state index contributed by atoms with van der Waals surface area (Å²) in [5, 5.41) is 7.45. The van der Waals surface area contributed by atoms with E-state index in [1.165, 1.54) is 12.1 Å². The number of nitrogens with zero attached hydrogens (tertiary/aromatic N) is 4. The summed E-state index contributed by atoms with van der Waals surface area (Å²) in [4.78, 5) is 16.8. The first-order chi connectivity index (χ1) is 14.1. The van der Waals surface area contributed by atoms with Crippen molar-refractivity contribution in [3.63, 3.8) is 0 Å². The summed E-state index contributed by atoms with van der Waals surface area (Å²) < 4.78 is 22.6. The summed E-state index contributed by atoms with van der Waals surface area (Å²) in [7, 11) is 1.91. The number of hydrogen-bond donors (Lipinski definition) is 1. The van der Waals surface area contributed by atoms with E-state index < -0.39 is 0 Å². The van der Waals surface area contributed by atoms with Crippen molar-refractivity contribution < 1.29 is 13.9 Å². The van der Waals surface area contributed by atoms with Crippen LogP contribution < -0.4 is 5.32 Å². The summed E-state index contributed by atoms with van der Waals surface area (Å²) in [5.41, 5.74) is 2.55. The molecular weight excluding hydrogens is 373 g/mol. The Labute approximate surface area is 168 Å². The zero-order valence-electron chi connectivity index (χ0n) is 16.3. The van der Waals surface area contributed by atoms with Gasteiger partial charge >= 0.3 is 0 Å². The van der Waals surface area contributed by atoms with Gasteiger partial charge in [-0.2, -0.15) is 5.10 Å². The van der Waals surface area contributed by atoms with Crippen LogP contribution in [0.4, 0.5) is 4.39 Å². The van der Waals surface area contributed by atoms with Crippen molar-refractivity contribution in [2.45, 2.75) is 31.9 Å². The quantitative estimate of drug-likeness (QED) is 0.694. The minimum absolute atomic E-state index is 0.0749. The molecule has 29 heavy (non-hydrogen) atoms. The van der Waals surface area contributed by atoms with Gasteiger partial charge in [-0.15, -0.1) is 0 Å². The molecule has 7 nitrogen and oxygen atoms in total. The number of imidazole rings is 1. The van der Waals surface area contributed by atoms with Gasteiger partial charge in [0.1, 0.15) is 17.6 Å². The fourth-order valence-electron chi connectivity index (χ4n) is 3.57. The molecule has 3 aromatic rings. The Balaban J connectivity index is 1.54. The molecule has 1 atom stereocenters. The molecule has 8 heteroatoms. The van der Waals surface area contributed by atoms with E-state index >= 15 is 0 Å². The van der Waals surface area contributed by atoms with Gasteiger partial charge in [0.15, 0.2) is 5.82 Å². The highest BCUT2D eigenvalue weighted by Gasteiger charge is 2.22. The molecule has 1 saturated heterocycles. The molecule has 0 unspecified atom stereocenters. The largest absolute Gasteiger partial charge is 0.368 e. The highest BCUT2D eigenvalue weighted by atomic mass is 19.1. The number of hydrogen-bond acceptors (Lipinski definition) is 4. The SMILES string of the molecule is Cn1ccnc1-c1c(-c2ccc(F)cc2)cnn1CCNC(=O)[C@H]1CCCCO1. The average molecular weight is 397 g/mol. The number of nitrogens with one attached hydrogen (secondary N) is 1. The number of ether oxygens (including phenoxy) is 1. The molecule has 0 spiro atoms. The second kappa shape index (κ2) is 8.57. The lowest BCUT2D eigenvalue weighted by molar-refractivity contribution is -0.135. The molecule has 1 fully saturated rings. The maximum Gasteiger partial charge on any atom is 0.249 e. The number of carbonyl (C=O) groups is 1. The van der Waals surface area contributed by atoms with Crippen LogP contribution in [-0.4, -0.2) is 44.5 Å². The van der Waals surface area contributed by atoms with E-state index in [4.69, 9.17) is 4.74 Å². The van der Waals surface area contributed by atoms with Gasteiger partial charge in [0.2, 0.25) is 5.91 Å². The summed E-state index contributed by atoms with van der Waals surface area (Å²) in [6, 6.07) is 6.31. The first-order valence-corrected chi connectivity index (χ1v) is 9.82. The van der Waals surface area contributed by atoms with Crippen LogP contribution in [0.5, 0.6) is 0 Å². The summed E-state index contributed by atoms with van der Waals surface area (Å²) >= 11 is 0. The van der Waals surface area contributed by atoms with Crippen LogP contribution in [-0.2, 0) is 23.1 Å². The van der Waals surface area contributed by atoms with Gasteiger partial charge in [0.05, 0.1) is 12.7 Å². The Hall–Kier alpha value is -3.00. The molecule has 1 N–H and O–H groups in total. The Morgan fingerprint density at radius 1 is 1.31 bits per heavy atom. The van der Waals surface area contributed by atoms with Gasteiger partial charge in [0, 0.05) is 38.2 Å². The van der Waals surface area contributed by atoms with Crippen molar-refractivity contribution in [3.05, 3.63) is 48.7 Å². The van der Waals surface area contributed by atoms with Crippen LogP contribution in [0.25, 0.3) is 22.6 Å². The Bertz CT molecular complexity index is 973. The second-order valence-electron chi connectivity index (χ2n) is 7.14. The van der Waals surface area contributed by atoms with Gasteiger partial charge in [-0.3, -0.25) is 9.48 Å². The molecule has 1 aromatic carbocycles. The summed E-state index contributed by atoms with van der Waals surface area (Å²) in [5.74, 6) is 0.394. The number of benzene rings is 1. The maximum atomic E-state index is 13.4. The summed E-state index contributed by atoms with van der Waals surface area (Å²) in [6.07, 6.45) is 7.78. The third-order valence-electron chi connectivity index (χ3n) is 5.12. The molecule has 3 heterocycles. The van der Waals surface area contributed by atoms with Crippen LogP contribution in [0.1, 0.15) is 19.3 Å². The van der Waals surface area contributed by atoms with Crippen molar-refractivity contribution in [1.29, 1.82) is 0 Å². The number of carbonyl (C=O) groups excluding carboxylic acids is 1. The third kappa shape index (κ3) is 4.22. The Morgan fingerprint density at radius 2 is 2.14 bits per heavy atom. The molecular formula is C21H24FN5O2. The second-order valence-corrected chi connectivity index (χ2v) is 7.14. The number of halogens is 1. The topological polar surface area (TPSA) is 74.0 Å². The monoisotopic (exact) mass is 397 g/mol. The lowest BCUT2D eigenvalue weighted by Crippen LogP contribution is -2.39. The van der Waals surface area contributed by atoms with Crippen molar-refractivity contribution in [3.8, 4) is 22.6 Å². The van der Waals surface area contributed by atoms with E-state index in [9.17, 15) is 9.18 Å². The zero-order valence-corrected chi connectivity index (χ0v) is 16.3. The van der Waals surface area contributed by atoms with Crippen LogP contribution in [0.3, 0.4) is 0 Å². The van der Waals surface area contributed by atoms with E-state index in [-0.39, 0.29) is 17.8 Å². The highest BCUT2D eigenvalue weighted by molar-refractivity contribution is 5.81. The molecule has 1 aliphatic rings. The Morgan fingerprint density at radius 3 is 2.83 bits per heavy atom. The molecule has 0 bridgehead atoms. The highest BCUT2D eigenvalue weighted by Crippen LogP contribution is 2.31. The van der Waals surface area contributed by atoms with E-state index in [1.807, 2.05) is 22.5 Å². The number of aryl methyl sites for hydroxylation is 1. The molecule has 152 valence electrons. The molecule has 0 aliphatic carbocycles. The van der Waals surface area contributed by atoms with Gasteiger partial charge in [-0.1, -0.05) is 12.1 Å². The predicted octanol–water partition coefficient (Wildman–Crippen LogP) is 2.78. The van der Waals surface area contributed by atoms with Gasteiger partial charge < -0.3 is 14.6 Å². The lowest BCUT2D eigenvalue weighted by Gasteiger charge is -2.21. The van der Waals surface area contributed by atoms with E-state index in [0.29, 0.717) is 19.7 Å². The van der Waals surface area contributed by atoms with Crippen molar-refractivity contribution in [1.82, 2.24) is 24.6 Å². The van der Waals surface area contributed by atoms with E-state index in [0.717, 1.165) is 41.9 Å². The molecule has 4 rings (SSSR count).